The maximum atomic E-state index is 8.86. The first-order chi connectivity index (χ1) is 10.7. The van der Waals surface area contributed by atoms with E-state index in [1.165, 1.54) is 5.57 Å². The summed E-state index contributed by atoms with van der Waals surface area (Å²) in [5, 5.41) is 12.2. The van der Waals surface area contributed by atoms with Gasteiger partial charge in [-0.15, -0.1) is 12.8 Å². The number of aryl methyl sites for hydroxylation is 1. The molecule has 1 atom stereocenters. The molecule has 1 heterocycles. The predicted octanol–water partition coefficient (Wildman–Crippen LogP) is 3.81. The molecule has 0 saturated heterocycles. The molecule has 1 aromatic rings. The first kappa shape index (κ1) is 17.3. The van der Waals surface area contributed by atoms with Crippen LogP contribution in [-0.2, 0) is 6.42 Å². The highest BCUT2D eigenvalue weighted by Crippen LogP contribution is 2.16. The number of allylic oxidation sites excluding steroid dienone is 4. The van der Waals surface area contributed by atoms with Crippen LogP contribution in [0.4, 0.5) is 5.82 Å². The quantitative estimate of drug-likeness (QED) is 0.858. The molecule has 2 rings (SSSR count). The molecule has 0 saturated carbocycles. The third-order valence-electron chi connectivity index (χ3n) is 3.22. The molecule has 1 aliphatic carbocycles. The molecule has 3 nitrogen and oxygen atoms in total. The largest absolute Gasteiger partial charge is 0.369 e. The Morgan fingerprint density at radius 1 is 1.27 bits per heavy atom. The van der Waals surface area contributed by atoms with Crippen LogP contribution in [0.5, 0.6) is 0 Å². The van der Waals surface area contributed by atoms with Crippen LogP contribution in [0.1, 0.15) is 18.2 Å². The number of nitrogens with zero attached hydrogens (tertiary/aromatic N) is 2. The Balaban J connectivity index is 0.00000116. The van der Waals surface area contributed by atoms with Gasteiger partial charge in [-0.05, 0) is 19.9 Å². The normalized spacial score (nSPS) is 15.8. The Bertz CT molecular complexity index is 642. The van der Waals surface area contributed by atoms with Crippen LogP contribution in [0.25, 0.3) is 0 Å². The fraction of sp³-hybridized carbons (Fsp3) is 0.263. The summed E-state index contributed by atoms with van der Waals surface area (Å²) < 4.78 is 0. The van der Waals surface area contributed by atoms with Crippen LogP contribution in [0.2, 0.25) is 0 Å². The van der Waals surface area contributed by atoms with Gasteiger partial charge in [0, 0.05) is 23.7 Å². The van der Waals surface area contributed by atoms with Crippen molar-refractivity contribution in [2.45, 2.75) is 20.3 Å². The van der Waals surface area contributed by atoms with E-state index < -0.39 is 0 Å². The number of hydrogen-bond acceptors (Lipinski definition) is 3. The van der Waals surface area contributed by atoms with Crippen molar-refractivity contribution in [3.05, 3.63) is 59.3 Å². The lowest BCUT2D eigenvalue weighted by molar-refractivity contribution is 0.850. The fourth-order valence-corrected chi connectivity index (χ4v) is 2.06. The zero-order valence-corrected chi connectivity index (χ0v) is 13.1. The van der Waals surface area contributed by atoms with Gasteiger partial charge in [-0.3, -0.25) is 0 Å². The molecular weight excluding hydrogens is 270 g/mol. The van der Waals surface area contributed by atoms with Gasteiger partial charge in [-0.2, -0.15) is 5.26 Å². The minimum Gasteiger partial charge on any atom is -0.369 e. The van der Waals surface area contributed by atoms with E-state index in [2.05, 4.69) is 66.5 Å². The van der Waals surface area contributed by atoms with Gasteiger partial charge in [0.2, 0.25) is 0 Å². The number of anilines is 1. The molecule has 1 N–H and O–H groups in total. The summed E-state index contributed by atoms with van der Waals surface area (Å²) in [4.78, 5) is 4.49. The highest BCUT2D eigenvalue weighted by atomic mass is 15.0. The first-order valence-electron chi connectivity index (χ1n) is 7.13. The highest BCUT2D eigenvalue weighted by Gasteiger charge is 2.07. The molecule has 0 bridgehead atoms. The van der Waals surface area contributed by atoms with Crippen LogP contribution < -0.4 is 5.32 Å². The minimum absolute atomic E-state index is 0.334. The molecule has 0 aliphatic heterocycles. The van der Waals surface area contributed by atoms with Crippen molar-refractivity contribution in [2.75, 3.05) is 11.9 Å². The SMILES string of the molecule is C#C.CC1=CC=CC(CNc2nc(C)ccc2CC#N)C=C1. The summed E-state index contributed by atoms with van der Waals surface area (Å²) in [6, 6.07) is 6.09. The predicted molar refractivity (Wildman–Crippen MR) is 92.2 cm³/mol. The van der Waals surface area contributed by atoms with Crippen molar-refractivity contribution in [3.63, 3.8) is 0 Å². The van der Waals surface area contributed by atoms with Crippen molar-refractivity contribution in [2.24, 2.45) is 5.92 Å². The van der Waals surface area contributed by atoms with Crippen molar-refractivity contribution in [1.82, 2.24) is 4.98 Å². The number of nitrogens with one attached hydrogen (secondary N) is 1. The third-order valence-corrected chi connectivity index (χ3v) is 3.22. The van der Waals surface area contributed by atoms with Crippen LogP contribution in [0, 0.1) is 37.0 Å². The number of hydrogen-bond donors (Lipinski definition) is 1. The van der Waals surface area contributed by atoms with E-state index in [4.69, 9.17) is 5.26 Å². The molecule has 1 aromatic heterocycles. The maximum absolute atomic E-state index is 8.86. The molecule has 0 spiro atoms. The van der Waals surface area contributed by atoms with E-state index in [1.807, 2.05) is 19.1 Å². The van der Waals surface area contributed by atoms with Crippen molar-refractivity contribution >= 4 is 5.82 Å². The van der Waals surface area contributed by atoms with Gasteiger partial charge in [0.15, 0.2) is 0 Å². The van der Waals surface area contributed by atoms with Gasteiger partial charge in [-0.25, -0.2) is 4.98 Å². The van der Waals surface area contributed by atoms with E-state index in [0.29, 0.717) is 12.3 Å². The lowest BCUT2D eigenvalue weighted by Gasteiger charge is -2.13. The van der Waals surface area contributed by atoms with Gasteiger partial charge in [0.25, 0.3) is 0 Å². The second kappa shape index (κ2) is 9.21. The smallest absolute Gasteiger partial charge is 0.130 e. The molecular formula is C19H21N3. The monoisotopic (exact) mass is 291 g/mol. The van der Waals surface area contributed by atoms with Crippen molar-refractivity contribution in [3.8, 4) is 18.9 Å². The molecule has 112 valence electrons. The van der Waals surface area contributed by atoms with Crippen molar-refractivity contribution < 1.29 is 0 Å². The number of rotatable bonds is 4. The fourth-order valence-electron chi connectivity index (χ4n) is 2.06. The number of terminal acetylenes is 1. The Labute approximate surface area is 133 Å². The van der Waals surface area contributed by atoms with Crippen LogP contribution >= 0.6 is 0 Å². The van der Waals surface area contributed by atoms with Crippen LogP contribution in [0.15, 0.2) is 48.1 Å². The third kappa shape index (κ3) is 5.31. The number of aromatic nitrogens is 1. The Morgan fingerprint density at radius 2 is 2.05 bits per heavy atom. The summed E-state index contributed by atoms with van der Waals surface area (Å²) in [5.74, 6) is 1.16. The molecule has 0 fully saturated rings. The highest BCUT2D eigenvalue weighted by molar-refractivity contribution is 5.46. The summed E-state index contributed by atoms with van der Waals surface area (Å²) in [6.45, 7) is 4.83. The number of nitriles is 1. The molecule has 1 unspecified atom stereocenters. The van der Waals surface area contributed by atoms with Gasteiger partial charge < -0.3 is 5.32 Å². The summed E-state index contributed by atoms with van der Waals surface area (Å²) in [7, 11) is 0. The zero-order valence-electron chi connectivity index (χ0n) is 13.1. The second-order valence-electron chi connectivity index (χ2n) is 4.99. The molecule has 1 aliphatic rings. The van der Waals surface area contributed by atoms with Crippen LogP contribution in [0.3, 0.4) is 0 Å². The van der Waals surface area contributed by atoms with E-state index >= 15 is 0 Å². The van der Waals surface area contributed by atoms with Gasteiger partial charge >= 0.3 is 0 Å². The van der Waals surface area contributed by atoms with Crippen molar-refractivity contribution in [1.29, 1.82) is 5.26 Å². The number of pyridine rings is 1. The topological polar surface area (TPSA) is 48.7 Å². The molecule has 3 heteroatoms. The van der Waals surface area contributed by atoms with Gasteiger partial charge in [-0.1, -0.05) is 42.0 Å². The molecule has 0 aromatic carbocycles. The van der Waals surface area contributed by atoms with Gasteiger partial charge in [0.1, 0.15) is 5.82 Å². The van der Waals surface area contributed by atoms with E-state index in [9.17, 15) is 0 Å². The van der Waals surface area contributed by atoms with E-state index in [-0.39, 0.29) is 0 Å². The Kier molecular flexibility index (Phi) is 7.23. The molecule has 22 heavy (non-hydrogen) atoms. The van der Waals surface area contributed by atoms with E-state index in [0.717, 1.165) is 23.6 Å². The maximum Gasteiger partial charge on any atom is 0.130 e. The second-order valence-corrected chi connectivity index (χ2v) is 4.99. The Hall–Kier alpha value is -2.78. The summed E-state index contributed by atoms with van der Waals surface area (Å²) in [6.07, 6.45) is 19.0. The average molecular weight is 291 g/mol. The standard InChI is InChI=1S/C17H19N3.C2H2/c1-13-4-3-5-15(8-6-13)12-19-17-16(10-11-18)9-7-14(2)20-17;1-2/h3-9,15H,10,12H2,1-2H3,(H,19,20);1-2H. The average Bonchev–Trinajstić information content (AvgIpc) is 2.74. The summed E-state index contributed by atoms with van der Waals surface area (Å²) in [5.41, 5.74) is 3.16. The van der Waals surface area contributed by atoms with Crippen LogP contribution in [-0.4, -0.2) is 11.5 Å². The minimum atomic E-state index is 0.334. The van der Waals surface area contributed by atoms with E-state index in [1.54, 1.807) is 0 Å². The molecule has 0 amide bonds. The summed E-state index contributed by atoms with van der Waals surface area (Å²) >= 11 is 0. The first-order valence-corrected chi connectivity index (χ1v) is 7.13. The molecule has 0 radical (unpaired) electrons. The van der Waals surface area contributed by atoms with Gasteiger partial charge in [0.05, 0.1) is 12.5 Å². The lowest BCUT2D eigenvalue weighted by Crippen LogP contribution is -2.13. The lowest BCUT2D eigenvalue weighted by atomic mass is 10.1. The Morgan fingerprint density at radius 3 is 2.77 bits per heavy atom. The zero-order chi connectivity index (χ0) is 16.4.